The number of hydrogen-bond donors (Lipinski definition) is 1. The second-order valence-electron chi connectivity index (χ2n) is 3.73. The molecular weight excluding hydrogens is 212 g/mol. The van der Waals surface area contributed by atoms with Gasteiger partial charge >= 0.3 is 5.97 Å². The van der Waals surface area contributed by atoms with Crippen LogP contribution < -0.4 is 0 Å². The molecule has 2 heterocycles. The molecule has 5 heteroatoms. The largest absolute Gasteiger partial charge is 0.481 e. The summed E-state index contributed by atoms with van der Waals surface area (Å²) in [5, 5.41) is 9.21. The Kier molecular flexibility index (Phi) is 3.00. The molecule has 0 aromatic carbocycles. The van der Waals surface area contributed by atoms with Gasteiger partial charge in [-0.05, 0) is 18.6 Å². The highest BCUT2D eigenvalue weighted by molar-refractivity contribution is 7.99. The molecule has 1 saturated heterocycles. The zero-order valence-corrected chi connectivity index (χ0v) is 9.46. The van der Waals surface area contributed by atoms with Gasteiger partial charge in [0.1, 0.15) is 12.2 Å². The van der Waals surface area contributed by atoms with Gasteiger partial charge in [-0.3, -0.25) is 4.79 Å². The summed E-state index contributed by atoms with van der Waals surface area (Å²) in [6, 6.07) is 0. The van der Waals surface area contributed by atoms with Crippen LogP contribution in [0.4, 0.5) is 0 Å². The Morgan fingerprint density at radius 1 is 1.80 bits per heavy atom. The molecule has 0 amide bonds. The van der Waals surface area contributed by atoms with E-state index in [1.807, 2.05) is 29.6 Å². The number of rotatable bonds is 3. The predicted molar refractivity (Wildman–Crippen MR) is 59.0 cm³/mol. The highest BCUT2D eigenvalue weighted by atomic mass is 32.2. The van der Waals surface area contributed by atoms with Crippen LogP contribution in [0.3, 0.4) is 0 Å². The third-order valence-corrected chi connectivity index (χ3v) is 4.09. The van der Waals surface area contributed by atoms with E-state index in [0.717, 1.165) is 5.69 Å². The predicted octanol–water partition coefficient (Wildman–Crippen LogP) is 1.62. The second kappa shape index (κ2) is 4.26. The summed E-state index contributed by atoms with van der Waals surface area (Å²) >= 11 is 1.93. The first-order valence-corrected chi connectivity index (χ1v) is 6.07. The maximum absolute atomic E-state index is 10.6. The van der Waals surface area contributed by atoms with Crippen LogP contribution in [0.15, 0.2) is 6.20 Å². The number of carboxylic acid groups (broad SMARTS) is 1. The number of hydrogen-bond acceptors (Lipinski definition) is 3. The molecule has 1 aromatic heterocycles. The number of imidazole rings is 1. The van der Waals surface area contributed by atoms with Crippen molar-refractivity contribution in [3.8, 4) is 0 Å². The van der Waals surface area contributed by atoms with Gasteiger partial charge in [-0.1, -0.05) is 0 Å². The molecule has 2 rings (SSSR count). The summed E-state index contributed by atoms with van der Waals surface area (Å²) in [5.41, 5.74) is 1.16. The van der Waals surface area contributed by atoms with E-state index in [1.54, 1.807) is 0 Å². The van der Waals surface area contributed by atoms with Crippen molar-refractivity contribution in [3.05, 3.63) is 17.7 Å². The van der Waals surface area contributed by atoms with E-state index in [1.165, 1.54) is 18.6 Å². The average Bonchev–Trinajstić information content (AvgIpc) is 2.76. The SMILES string of the molecule is Cn1c(C2CCCS2)cnc1CC(=O)O. The Labute approximate surface area is 92.7 Å². The van der Waals surface area contributed by atoms with Crippen molar-refractivity contribution >= 4 is 17.7 Å². The highest BCUT2D eigenvalue weighted by Crippen LogP contribution is 2.39. The van der Waals surface area contributed by atoms with Gasteiger partial charge in [0, 0.05) is 18.5 Å². The molecule has 1 aromatic rings. The summed E-state index contributed by atoms with van der Waals surface area (Å²) < 4.78 is 1.93. The molecule has 0 spiro atoms. The lowest BCUT2D eigenvalue weighted by Gasteiger charge is -2.10. The third-order valence-electron chi connectivity index (χ3n) is 2.69. The molecule has 1 aliphatic rings. The number of thioether (sulfide) groups is 1. The van der Waals surface area contributed by atoms with Crippen molar-refractivity contribution in [3.63, 3.8) is 0 Å². The number of carboxylic acids is 1. The van der Waals surface area contributed by atoms with Crippen molar-refractivity contribution in [2.24, 2.45) is 7.05 Å². The van der Waals surface area contributed by atoms with Gasteiger partial charge in [-0.2, -0.15) is 11.8 Å². The van der Waals surface area contributed by atoms with Crippen molar-refractivity contribution < 1.29 is 9.90 Å². The Bertz CT molecular complexity index is 369. The van der Waals surface area contributed by atoms with Crippen LogP contribution in [-0.4, -0.2) is 26.4 Å². The van der Waals surface area contributed by atoms with Gasteiger partial charge in [-0.25, -0.2) is 4.98 Å². The van der Waals surface area contributed by atoms with Gasteiger partial charge in [0.05, 0.1) is 5.69 Å². The number of nitrogens with zero attached hydrogens (tertiary/aromatic N) is 2. The molecule has 15 heavy (non-hydrogen) atoms. The first kappa shape index (κ1) is 10.5. The van der Waals surface area contributed by atoms with Crippen LogP contribution in [0.2, 0.25) is 0 Å². The summed E-state index contributed by atoms with van der Waals surface area (Å²) in [6.07, 6.45) is 4.25. The molecule has 0 saturated carbocycles. The van der Waals surface area contributed by atoms with Crippen LogP contribution in [0.1, 0.15) is 29.6 Å². The molecule has 0 radical (unpaired) electrons. The van der Waals surface area contributed by atoms with Crippen molar-refractivity contribution in [1.82, 2.24) is 9.55 Å². The first-order valence-electron chi connectivity index (χ1n) is 5.02. The molecule has 1 N–H and O–H groups in total. The summed E-state index contributed by atoms with van der Waals surface area (Å²) in [4.78, 5) is 14.8. The first-order chi connectivity index (χ1) is 7.18. The molecule has 1 unspecified atom stereocenters. The monoisotopic (exact) mass is 226 g/mol. The van der Waals surface area contributed by atoms with E-state index in [4.69, 9.17) is 5.11 Å². The van der Waals surface area contributed by atoms with Crippen LogP contribution in [0.5, 0.6) is 0 Å². The Morgan fingerprint density at radius 3 is 3.20 bits per heavy atom. The van der Waals surface area contributed by atoms with Crippen molar-refractivity contribution in [1.29, 1.82) is 0 Å². The fourth-order valence-corrected chi connectivity index (χ4v) is 3.21. The number of carbonyl (C=O) groups is 1. The van der Waals surface area contributed by atoms with E-state index in [9.17, 15) is 4.79 Å². The second-order valence-corrected chi connectivity index (χ2v) is 5.04. The van der Waals surface area contributed by atoms with Gasteiger partial charge in [0.2, 0.25) is 0 Å². The zero-order valence-electron chi connectivity index (χ0n) is 8.64. The lowest BCUT2D eigenvalue weighted by molar-refractivity contribution is -0.136. The van der Waals surface area contributed by atoms with Gasteiger partial charge in [0.15, 0.2) is 0 Å². The average molecular weight is 226 g/mol. The lowest BCUT2D eigenvalue weighted by Crippen LogP contribution is -2.08. The molecular formula is C10H14N2O2S. The van der Waals surface area contributed by atoms with E-state index >= 15 is 0 Å². The topological polar surface area (TPSA) is 55.1 Å². The zero-order chi connectivity index (χ0) is 10.8. The molecule has 82 valence electrons. The van der Waals surface area contributed by atoms with Crippen LogP contribution in [0, 0.1) is 0 Å². The van der Waals surface area contributed by atoms with E-state index in [0.29, 0.717) is 11.1 Å². The van der Waals surface area contributed by atoms with E-state index in [2.05, 4.69) is 4.98 Å². The molecule has 1 atom stereocenters. The minimum atomic E-state index is -0.825. The number of aromatic nitrogens is 2. The standard InChI is InChI=1S/C10H14N2O2S/c1-12-7(8-3-2-4-15-8)6-11-9(12)5-10(13)14/h6,8H,2-5H2,1H3,(H,13,14). The fourth-order valence-electron chi connectivity index (χ4n) is 1.87. The van der Waals surface area contributed by atoms with Crippen molar-refractivity contribution in [2.75, 3.05) is 5.75 Å². The lowest BCUT2D eigenvalue weighted by atomic mass is 10.2. The number of aliphatic carboxylic acids is 1. The van der Waals surface area contributed by atoms with E-state index < -0.39 is 5.97 Å². The summed E-state index contributed by atoms with van der Waals surface area (Å²) in [5.74, 6) is 1.02. The van der Waals surface area contributed by atoms with Crippen LogP contribution in [-0.2, 0) is 18.3 Å². The third kappa shape index (κ3) is 2.17. The molecule has 1 fully saturated rings. The molecule has 4 nitrogen and oxygen atoms in total. The summed E-state index contributed by atoms with van der Waals surface area (Å²) in [7, 11) is 1.90. The minimum Gasteiger partial charge on any atom is -0.481 e. The van der Waals surface area contributed by atoms with Gasteiger partial charge in [-0.15, -0.1) is 0 Å². The van der Waals surface area contributed by atoms with Crippen molar-refractivity contribution in [2.45, 2.75) is 24.5 Å². The van der Waals surface area contributed by atoms with Crippen LogP contribution in [0.25, 0.3) is 0 Å². The normalized spacial score (nSPS) is 20.7. The van der Waals surface area contributed by atoms with Gasteiger partial charge in [0.25, 0.3) is 0 Å². The maximum Gasteiger partial charge on any atom is 0.311 e. The Morgan fingerprint density at radius 2 is 2.60 bits per heavy atom. The molecule has 0 aliphatic carbocycles. The minimum absolute atomic E-state index is 0.00782. The Balaban J connectivity index is 2.18. The maximum atomic E-state index is 10.6. The smallest absolute Gasteiger partial charge is 0.311 e. The van der Waals surface area contributed by atoms with E-state index in [-0.39, 0.29) is 6.42 Å². The van der Waals surface area contributed by atoms with Crippen LogP contribution >= 0.6 is 11.8 Å². The molecule has 0 bridgehead atoms. The Hall–Kier alpha value is -0.970. The fraction of sp³-hybridized carbons (Fsp3) is 0.600. The summed E-state index contributed by atoms with van der Waals surface area (Å²) in [6.45, 7) is 0. The molecule has 1 aliphatic heterocycles. The van der Waals surface area contributed by atoms with Gasteiger partial charge < -0.3 is 9.67 Å². The highest BCUT2D eigenvalue weighted by Gasteiger charge is 2.22. The quantitative estimate of drug-likeness (QED) is 0.850.